The van der Waals surface area contributed by atoms with E-state index in [-0.39, 0.29) is 27.6 Å². The number of H-pyrrole nitrogens is 1. The third-order valence-corrected chi connectivity index (χ3v) is 8.11. The summed E-state index contributed by atoms with van der Waals surface area (Å²) in [5.41, 5.74) is 4.86. The van der Waals surface area contributed by atoms with E-state index in [1.54, 1.807) is 0 Å². The molecule has 2 aliphatic carbocycles. The van der Waals surface area contributed by atoms with Gasteiger partial charge in [0, 0.05) is 31.7 Å². The summed E-state index contributed by atoms with van der Waals surface area (Å²) in [6, 6.07) is 12.6. The zero-order chi connectivity index (χ0) is 25.4. The molecule has 2 aliphatic rings. The van der Waals surface area contributed by atoms with Crippen LogP contribution >= 0.6 is 23.2 Å². The zero-order valence-corrected chi connectivity index (χ0v) is 21.8. The Hall–Kier alpha value is -3.00. The Morgan fingerprint density at radius 1 is 1.11 bits per heavy atom. The minimum absolute atomic E-state index is 0.253. The van der Waals surface area contributed by atoms with E-state index in [0.717, 1.165) is 55.6 Å². The van der Waals surface area contributed by atoms with E-state index in [9.17, 15) is 4.79 Å². The first-order chi connectivity index (χ1) is 18.1. The van der Waals surface area contributed by atoms with Gasteiger partial charge in [0.25, 0.3) is 5.91 Å². The number of aromatic nitrogens is 4. The number of halogens is 2. The molecule has 0 radical (unpaired) electrons. The smallest absolute Gasteiger partial charge is 0.254 e. The summed E-state index contributed by atoms with van der Waals surface area (Å²) in [4.78, 5) is 32.3. The molecule has 1 saturated carbocycles. The van der Waals surface area contributed by atoms with E-state index < -0.39 is 0 Å². The number of aryl methyl sites for hydroxylation is 1. The van der Waals surface area contributed by atoms with Gasteiger partial charge in [-0.2, -0.15) is 0 Å². The third kappa shape index (κ3) is 5.21. The Morgan fingerprint density at radius 3 is 2.78 bits per heavy atom. The van der Waals surface area contributed by atoms with Crippen LogP contribution in [-0.4, -0.2) is 43.8 Å². The van der Waals surface area contributed by atoms with Crippen molar-refractivity contribution in [3.63, 3.8) is 0 Å². The fraction of sp³-hybridized carbons (Fsp3) is 0.357. The van der Waals surface area contributed by atoms with E-state index in [0.29, 0.717) is 18.4 Å². The van der Waals surface area contributed by atoms with Gasteiger partial charge in [0.2, 0.25) is 0 Å². The molecule has 2 unspecified atom stereocenters. The lowest BCUT2D eigenvalue weighted by molar-refractivity contribution is 0.0950. The maximum atomic E-state index is 12.7. The number of pyridine rings is 2. The van der Waals surface area contributed by atoms with Gasteiger partial charge in [0.05, 0.1) is 44.9 Å². The molecule has 0 saturated heterocycles. The Morgan fingerprint density at radius 2 is 1.95 bits per heavy atom. The van der Waals surface area contributed by atoms with E-state index in [4.69, 9.17) is 33.2 Å². The highest BCUT2D eigenvalue weighted by atomic mass is 35.5. The van der Waals surface area contributed by atoms with Gasteiger partial charge in [-0.3, -0.25) is 19.7 Å². The van der Waals surface area contributed by atoms with Crippen LogP contribution < -0.4 is 5.32 Å². The van der Waals surface area contributed by atoms with Crippen LogP contribution in [0.15, 0.2) is 55.0 Å². The molecule has 3 atom stereocenters. The topological polar surface area (TPSA) is 86.8 Å². The summed E-state index contributed by atoms with van der Waals surface area (Å²) in [6.45, 7) is 2.25. The largest absolute Gasteiger partial charge is 0.352 e. The van der Waals surface area contributed by atoms with Crippen molar-refractivity contribution in [2.75, 3.05) is 13.1 Å². The Balaban J connectivity index is 1.17. The molecule has 4 aromatic rings. The molecule has 9 heteroatoms. The highest BCUT2D eigenvalue weighted by Crippen LogP contribution is 2.42. The summed E-state index contributed by atoms with van der Waals surface area (Å²) in [6.07, 6.45) is 9.16. The first-order valence-electron chi connectivity index (χ1n) is 12.8. The average molecular weight is 535 g/mol. The SMILES string of the molecule is O=C(NCC1CC1CN(Cc1nc2ccccc2[nH]1)[C@H]1CCCc2cccnc21)c1c(Cl)cncc1Cl. The van der Waals surface area contributed by atoms with Crippen molar-refractivity contribution in [2.45, 2.75) is 38.3 Å². The Kier molecular flexibility index (Phi) is 6.84. The van der Waals surface area contributed by atoms with Crippen molar-refractivity contribution in [1.29, 1.82) is 0 Å². The minimum atomic E-state index is -0.257. The second-order valence-electron chi connectivity index (χ2n) is 10.0. The molecule has 1 aromatic carbocycles. The van der Waals surface area contributed by atoms with E-state index in [2.05, 4.69) is 32.3 Å². The van der Waals surface area contributed by atoms with Gasteiger partial charge in [-0.25, -0.2) is 4.98 Å². The van der Waals surface area contributed by atoms with Crippen molar-refractivity contribution in [3.05, 3.63) is 87.7 Å². The third-order valence-electron chi connectivity index (χ3n) is 7.54. The van der Waals surface area contributed by atoms with Crippen molar-refractivity contribution in [3.8, 4) is 0 Å². The number of nitrogens with one attached hydrogen (secondary N) is 2. The Labute approximate surface area is 225 Å². The van der Waals surface area contributed by atoms with Gasteiger partial charge in [-0.05, 0) is 61.3 Å². The molecule has 0 aliphatic heterocycles. The number of amides is 1. The highest BCUT2D eigenvalue weighted by molar-refractivity contribution is 6.39. The standard InChI is InChI=1S/C28H28Cl2N6O/c29-20-13-31-14-21(30)26(20)28(37)33-12-18-11-19(18)15-36(16-25-34-22-7-1-2-8-23(22)35-25)24-9-3-5-17-6-4-10-32-27(17)24/h1-2,4,6-8,10,13-14,18-19,24H,3,5,9,11-12,15-16H2,(H,33,37)(H,34,35)/t18?,19?,24-/m0/s1. The molecule has 0 bridgehead atoms. The zero-order valence-electron chi connectivity index (χ0n) is 20.3. The predicted octanol–water partition coefficient (Wildman–Crippen LogP) is 5.61. The summed E-state index contributed by atoms with van der Waals surface area (Å²) in [5.74, 6) is 1.61. The second-order valence-corrected chi connectivity index (χ2v) is 10.8. The molecule has 2 N–H and O–H groups in total. The van der Waals surface area contributed by atoms with Crippen LogP contribution in [0.25, 0.3) is 11.0 Å². The van der Waals surface area contributed by atoms with Crippen LogP contribution in [0.2, 0.25) is 10.0 Å². The lowest BCUT2D eigenvalue weighted by Crippen LogP contribution is -2.34. The Bertz CT molecular complexity index is 1390. The maximum Gasteiger partial charge on any atom is 0.254 e. The van der Waals surface area contributed by atoms with Crippen LogP contribution in [0, 0.1) is 11.8 Å². The number of benzene rings is 1. The summed E-state index contributed by atoms with van der Waals surface area (Å²) >= 11 is 12.3. The normalized spacial score (nSPS) is 20.7. The molecule has 190 valence electrons. The maximum absolute atomic E-state index is 12.7. The van der Waals surface area contributed by atoms with Crippen LogP contribution in [0.3, 0.4) is 0 Å². The lowest BCUT2D eigenvalue weighted by atomic mass is 9.90. The summed E-state index contributed by atoms with van der Waals surface area (Å²) in [5, 5.41) is 3.55. The number of carbonyl (C=O) groups is 1. The summed E-state index contributed by atoms with van der Waals surface area (Å²) < 4.78 is 0. The molecular weight excluding hydrogens is 507 g/mol. The quantitative estimate of drug-likeness (QED) is 0.307. The number of imidazole rings is 1. The fourth-order valence-corrected chi connectivity index (χ4v) is 6.08. The van der Waals surface area contributed by atoms with Crippen molar-refractivity contribution in [2.24, 2.45) is 11.8 Å². The van der Waals surface area contributed by atoms with E-state index in [1.807, 2.05) is 30.5 Å². The lowest BCUT2D eigenvalue weighted by Gasteiger charge is -2.34. The second kappa shape index (κ2) is 10.4. The van der Waals surface area contributed by atoms with Crippen molar-refractivity contribution in [1.82, 2.24) is 30.2 Å². The summed E-state index contributed by atoms with van der Waals surface area (Å²) in [7, 11) is 0. The van der Waals surface area contributed by atoms with E-state index in [1.165, 1.54) is 23.7 Å². The molecule has 7 nitrogen and oxygen atoms in total. The van der Waals surface area contributed by atoms with Gasteiger partial charge in [-0.15, -0.1) is 0 Å². The van der Waals surface area contributed by atoms with Crippen LogP contribution in [0.4, 0.5) is 0 Å². The fourth-order valence-electron chi connectivity index (χ4n) is 5.54. The predicted molar refractivity (Wildman–Crippen MR) is 145 cm³/mol. The van der Waals surface area contributed by atoms with Crippen LogP contribution in [-0.2, 0) is 13.0 Å². The number of rotatable bonds is 8. The number of para-hydroxylation sites is 2. The molecular formula is C28H28Cl2N6O. The first-order valence-corrected chi connectivity index (χ1v) is 13.5. The number of aromatic amines is 1. The average Bonchev–Trinajstić information content (AvgIpc) is 3.51. The molecule has 1 fully saturated rings. The number of carbonyl (C=O) groups excluding carboxylic acids is 1. The van der Waals surface area contributed by atoms with Gasteiger partial charge in [0.15, 0.2) is 0 Å². The molecule has 0 spiro atoms. The minimum Gasteiger partial charge on any atom is -0.352 e. The van der Waals surface area contributed by atoms with Crippen molar-refractivity contribution >= 4 is 40.1 Å². The van der Waals surface area contributed by atoms with Crippen molar-refractivity contribution < 1.29 is 4.79 Å². The van der Waals surface area contributed by atoms with Gasteiger partial charge in [0.1, 0.15) is 5.82 Å². The number of hydrogen-bond donors (Lipinski definition) is 2. The molecule has 3 aromatic heterocycles. The molecule has 6 rings (SSSR count). The number of nitrogens with zero attached hydrogens (tertiary/aromatic N) is 4. The molecule has 37 heavy (non-hydrogen) atoms. The number of hydrogen-bond acceptors (Lipinski definition) is 5. The van der Waals surface area contributed by atoms with Gasteiger partial charge in [-0.1, -0.05) is 41.4 Å². The number of fused-ring (bicyclic) bond motifs is 2. The molecule has 1 amide bonds. The van der Waals surface area contributed by atoms with Gasteiger partial charge >= 0.3 is 0 Å². The monoisotopic (exact) mass is 534 g/mol. The van der Waals surface area contributed by atoms with Crippen LogP contribution in [0.5, 0.6) is 0 Å². The highest BCUT2D eigenvalue weighted by Gasteiger charge is 2.40. The molecule has 3 heterocycles. The first kappa shape index (κ1) is 24.3. The van der Waals surface area contributed by atoms with Crippen LogP contribution in [0.1, 0.15) is 52.7 Å². The van der Waals surface area contributed by atoms with E-state index >= 15 is 0 Å². The van der Waals surface area contributed by atoms with Gasteiger partial charge < -0.3 is 10.3 Å².